The Kier molecular flexibility index (Phi) is 8.30. The third-order valence-electron chi connectivity index (χ3n) is 3.72. The Balaban J connectivity index is 3.34. The van der Waals surface area contributed by atoms with E-state index in [9.17, 15) is 9.59 Å². The number of hydrogen-bond donors (Lipinski definition) is 0. The molecule has 0 spiro atoms. The monoisotopic (exact) mass is 382 g/mol. The lowest BCUT2D eigenvalue weighted by Crippen LogP contribution is -2.44. The van der Waals surface area contributed by atoms with Gasteiger partial charge in [0.1, 0.15) is 11.9 Å². The second-order valence-corrected chi connectivity index (χ2v) is 11.4. The molecule has 7 heteroatoms. The first-order valence-corrected chi connectivity index (χ1v) is 12.3. The van der Waals surface area contributed by atoms with E-state index < -0.39 is 31.8 Å². The van der Waals surface area contributed by atoms with E-state index in [0.717, 1.165) is 0 Å². The molecule has 1 heterocycles. The highest BCUT2D eigenvalue weighted by Crippen LogP contribution is 2.40. The Labute approximate surface area is 156 Å². The van der Waals surface area contributed by atoms with E-state index in [1.807, 2.05) is 19.6 Å². The van der Waals surface area contributed by atoms with Crippen LogP contribution >= 0.6 is 0 Å². The average Bonchev–Trinajstić information content (AvgIpc) is 3.07. The van der Waals surface area contributed by atoms with Crippen molar-refractivity contribution >= 4 is 20.3 Å². The minimum atomic E-state index is -2.00. The van der Waals surface area contributed by atoms with E-state index in [1.54, 1.807) is 32.2 Å². The lowest BCUT2D eigenvalue weighted by molar-refractivity contribution is -0.174. The SMILES string of the molecule is C=CCC(CC(O[Si](C)(C)C)c1ccco1)(C(=O)OCC)C(=O)OCC. The van der Waals surface area contributed by atoms with Crippen LogP contribution in [0.25, 0.3) is 0 Å². The van der Waals surface area contributed by atoms with Gasteiger partial charge >= 0.3 is 11.9 Å². The molecule has 0 aliphatic heterocycles. The summed E-state index contributed by atoms with van der Waals surface area (Å²) in [5.74, 6) is -0.697. The fourth-order valence-electron chi connectivity index (χ4n) is 2.70. The number of carbonyl (C=O) groups is 2. The van der Waals surface area contributed by atoms with Crippen molar-refractivity contribution in [2.24, 2.45) is 5.41 Å². The van der Waals surface area contributed by atoms with Crippen molar-refractivity contribution in [3.63, 3.8) is 0 Å². The maximum Gasteiger partial charge on any atom is 0.323 e. The highest BCUT2D eigenvalue weighted by molar-refractivity contribution is 6.69. The van der Waals surface area contributed by atoms with Crippen LogP contribution in [0.2, 0.25) is 19.6 Å². The summed E-state index contributed by atoms with van der Waals surface area (Å²) >= 11 is 0. The molecule has 0 fully saturated rings. The molecule has 0 amide bonds. The molecule has 1 atom stereocenters. The molecule has 0 aliphatic carbocycles. The standard InChI is InChI=1S/C19H30O6Si/c1-7-12-19(17(20)22-8-2,18(21)23-9-3)14-16(25-26(4,5)6)15-11-10-13-24-15/h7,10-11,13,16H,1,8-9,12,14H2,2-6H3. The van der Waals surface area contributed by atoms with Crippen LogP contribution in [0.1, 0.15) is 38.6 Å². The van der Waals surface area contributed by atoms with Gasteiger partial charge in [0, 0.05) is 6.42 Å². The van der Waals surface area contributed by atoms with Gasteiger partial charge in [-0.1, -0.05) is 6.08 Å². The highest BCUT2D eigenvalue weighted by atomic mass is 28.4. The van der Waals surface area contributed by atoms with Crippen molar-refractivity contribution in [2.45, 2.75) is 52.4 Å². The molecule has 0 bridgehead atoms. The van der Waals surface area contributed by atoms with E-state index in [1.165, 1.54) is 6.08 Å². The smallest absolute Gasteiger partial charge is 0.323 e. The molecule has 0 aromatic carbocycles. The van der Waals surface area contributed by atoms with Gasteiger partial charge in [0.25, 0.3) is 0 Å². The molecule has 0 aliphatic rings. The summed E-state index contributed by atoms with van der Waals surface area (Å²) < 4.78 is 22.2. The van der Waals surface area contributed by atoms with Crippen LogP contribution in [0.5, 0.6) is 0 Å². The van der Waals surface area contributed by atoms with Crippen LogP contribution in [0.15, 0.2) is 35.5 Å². The summed E-state index contributed by atoms with van der Waals surface area (Å²) in [6.07, 6.45) is 2.66. The van der Waals surface area contributed by atoms with Crippen molar-refractivity contribution in [2.75, 3.05) is 13.2 Å². The van der Waals surface area contributed by atoms with Crippen molar-refractivity contribution in [3.8, 4) is 0 Å². The van der Waals surface area contributed by atoms with Crippen LogP contribution in [0.3, 0.4) is 0 Å². The summed E-state index contributed by atoms with van der Waals surface area (Å²) in [5.41, 5.74) is -1.52. The quantitative estimate of drug-likeness (QED) is 0.246. The number of allylic oxidation sites excluding steroid dienone is 1. The Morgan fingerprint density at radius 1 is 1.23 bits per heavy atom. The Morgan fingerprint density at radius 2 is 1.81 bits per heavy atom. The topological polar surface area (TPSA) is 75.0 Å². The van der Waals surface area contributed by atoms with Crippen molar-refractivity contribution in [1.82, 2.24) is 0 Å². The summed E-state index contributed by atoms with van der Waals surface area (Å²) in [6, 6.07) is 3.53. The summed E-state index contributed by atoms with van der Waals surface area (Å²) in [4.78, 5) is 25.6. The second-order valence-electron chi connectivity index (χ2n) is 6.95. The summed E-state index contributed by atoms with van der Waals surface area (Å²) in [5, 5.41) is 0. The van der Waals surface area contributed by atoms with Crippen LogP contribution in [0.4, 0.5) is 0 Å². The molecule has 26 heavy (non-hydrogen) atoms. The van der Waals surface area contributed by atoms with E-state index in [4.69, 9.17) is 18.3 Å². The Morgan fingerprint density at radius 3 is 2.19 bits per heavy atom. The molecule has 1 unspecified atom stereocenters. The summed E-state index contributed by atoms with van der Waals surface area (Å²) in [7, 11) is -2.00. The second kappa shape index (κ2) is 9.73. The molecule has 1 aromatic heterocycles. The Bertz CT molecular complexity index is 570. The van der Waals surface area contributed by atoms with Crippen molar-refractivity contribution in [1.29, 1.82) is 0 Å². The van der Waals surface area contributed by atoms with Gasteiger partial charge in [-0.2, -0.15) is 0 Å². The fourth-order valence-corrected chi connectivity index (χ4v) is 3.76. The largest absolute Gasteiger partial charge is 0.467 e. The molecule has 1 rings (SSSR count). The first kappa shape index (κ1) is 22.2. The van der Waals surface area contributed by atoms with E-state index in [-0.39, 0.29) is 26.1 Å². The van der Waals surface area contributed by atoms with Gasteiger partial charge in [-0.25, -0.2) is 0 Å². The third kappa shape index (κ3) is 5.84. The van der Waals surface area contributed by atoms with Gasteiger partial charge in [-0.15, -0.1) is 6.58 Å². The first-order chi connectivity index (χ1) is 12.2. The molecule has 1 aromatic rings. The van der Waals surface area contributed by atoms with Gasteiger partial charge < -0.3 is 18.3 Å². The molecule has 0 saturated heterocycles. The molecule has 0 saturated carbocycles. The fraction of sp³-hybridized carbons (Fsp3) is 0.579. The molecule has 0 N–H and O–H groups in total. The van der Waals surface area contributed by atoms with Gasteiger partial charge in [0.15, 0.2) is 13.7 Å². The van der Waals surface area contributed by atoms with Crippen LogP contribution in [-0.4, -0.2) is 33.5 Å². The lowest BCUT2D eigenvalue weighted by atomic mass is 9.78. The number of hydrogen-bond acceptors (Lipinski definition) is 6. The molecular formula is C19H30O6Si. The number of ether oxygens (including phenoxy) is 2. The van der Waals surface area contributed by atoms with E-state index in [0.29, 0.717) is 5.76 Å². The normalized spacial score (nSPS) is 13.1. The maximum absolute atomic E-state index is 12.8. The van der Waals surface area contributed by atoms with E-state index in [2.05, 4.69) is 6.58 Å². The highest BCUT2D eigenvalue weighted by Gasteiger charge is 2.50. The van der Waals surface area contributed by atoms with Crippen molar-refractivity contribution < 1.29 is 27.9 Å². The molecule has 6 nitrogen and oxygen atoms in total. The van der Waals surface area contributed by atoms with Crippen LogP contribution < -0.4 is 0 Å². The minimum absolute atomic E-state index is 0.0640. The molecular weight excluding hydrogens is 352 g/mol. The number of carbonyl (C=O) groups excluding carboxylic acids is 2. The Hall–Kier alpha value is -1.86. The van der Waals surface area contributed by atoms with Crippen molar-refractivity contribution in [3.05, 3.63) is 36.8 Å². The maximum atomic E-state index is 12.8. The van der Waals surface area contributed by atoms with Gasteiger partial charge in [0.2, 0.25) is 0 Å². The zero-order chi connectivity index (χ0) is 19.8. The lowest BCUT2D eigenvalue weighted by Gasteiger charge is -2.33. The van der Waals surface area contributed by atoms with Gasteiger partial charge in [-0.3, -0.25) is 9.59 Å². The zero-order valence-electron chi connectivity index (χ0n) is 16.4. The average molecular weight is 383 g/mol. The van der Waals surface area contributed by atoms with Crippen LogP contribution in [0, 0.1) is 5.41 Å². The first-order valence-electron chi connectivity index (χ1n) is 8.86. The zero-order valence-corrected chi connectivity index (χ0v) is 17.4. The summed E-state index contributed by atoms with van der Waals surface area (Å²) in [6.45, 7) is 13.5. The van der Waals surface area contributed by atoms with Crippen LogP contribution in [-0.2, 0) is 23.5 Å². The van der Waals surface area contributed by atoms with E-state index >= 15 is 0 Å². The predicted octanol–water partition coefficient (Wildman–Crippen LogP) is 4.25. The van der Waals surface area contributed by atoms with Gasteiger partial charge in [-0.05, 0) is 52.0 Å². The predicted molar refractivity (Wildman–Crippen MR) is 101 cm³/mol. The minimum Gasteiger partial charge on any atom is -0.467 e. The molecule has 146 valence electrons. The third-order valence-corrected chi connectivity index (χ3v) is 4.71. The number of esters is 2. The van der Waals surface area contributed by atoms with Gasteiger partial charge in [0.05, 0.1) is 19.5 Å². The number of furan rings is 1. The molecule has 0 radical (unpaired) electrons. The number of rotatable bonds is 11.